The van der Waals surface area contributed by atoms with Crippen molar-refractivity contribution in [2.45, 2.75) is 50.9 Å². The third-order valence-corrected chi connectivity index (χ3v) is 18.8. The number of amides is 1. The smallest absolute Gasteiger partial charge is 0.433 e. The van der Waals surface area contributed by atoms with Gasteiger partial charge in [-0.2, -0.15) is 67.3 Å². The number of likely N-dealkylation sites (tertiary alicyclic amines) is 1. The lowest BCUT2D eigenvalue weighted by Gasteiger charge is -2.15. The van der Waals surface area contributed by atoms with Crippen LogP contribution in [0.5, 0.6) is 17.4 Å². The molecule has 0 unspecified atom stereocenters. The average molecular weight is 1830 g/mol. The van der Waals surface area contributed by atoms with Gasteiger partial charge in [-0.25, -0.2) is 57.7 Å². The van der Waals surface area contributed by atoms with Crippen molar-refractivity contribution in [3.05, 3.63) is 290 Å². The molecule has 34 nitrogen and oxygen atoms in total. The van der Waals surface area contributed by atoms with Gasteiger partial charge in [0.05, 0.1) is 35.9 Å². The van der Waals surface area contributed by atoms with Crippen LogP contribution in [0, 0.1) is 6.92 Å². The number of halogens is 12. The number of carbonyl (C=O) groups excluding carboxylic acids is 5. The fraction of sp³-hybridized carbons (Fsp3) is 0.149. The van der Waals surface area contributed by atoms with Crippen molar-refractivity contribution in [2.75, 3.05) is 55.0 Å². The Morgan fingerprint density at radius 2 is 0.835 bits per heavy atom. The first-order valence-corrected chi connectivity index (χ1v) is 39.2. The number of aromatic nitrogens is 20. The number of esters is 1. The van der Waals surface area contributed by atoms with Crippen LogP contribution in [0.25, 0.3) is 68.1 Å². The molecule has 16 aromatic heterocycles. The predicted molar refractivity (Wildman–Crippen MR) is 453 cm³/mol. The third kappa shape index (κ3) is 24.2. The molecule has 1 saturated heterocycles. The Bertz CT molecular complexity index is 6950. The molecule has 0 aliphatic carbocycles. The second-order valence-electron chi connectivity index (χ2n) is 27.8. The number of rotatable bonds is 20. The Morgan fingerprint density at radius 1 is 0.451 bits per heavy atom. The molecule has 1 aliphatic heterocycles. The quantitative estimate of drug-likeness (QED) is 0.0205. The number of anilines is 7. The Morgan fingerprint density at radius 3 is 1.25 bits per heavy atom. The fourth-order valence-corrected chi connectivity index (χ4v) is 12.5. The molecular formula is C87H68F12N26O8. The van der Waals surface area contributed by atoms with Gasteiger partial charge in [0.25, 0.3) is 12.4 Å². The van der Waals surface area contributed by atoms with Gasteiger partial charge >= 0.3 is 36.8 Å². The summed E-state index contributed by atoms with van der Waals surface area (Å²) in [5.41, 5.74) is 7.02. The molecule has 6 N–H and O–H groups in total. The summed E-state index contributed by atoms with van der Waals surface area (Å²) in [6.07, 6.45) is 3.81. The van der Waals surface area contributed by atoms with Crippen molar-refractivity contribution in [1.29, 1.82) is 0 Å². The number of nitrogens with two attached hydrogens (primary N) is 1. The van der Waals surface area contributed by atoms with Gasteiger partial charge in [0, 0.05) is 80.4 Å². The normalized spacial score (nSPS) is 11.9. The van der Waals surface area contributed by atoms with Crippen molar-refractivity contribution in [3.8, 4) is 63.5 Å². The summed E-state index contributed by atoms with van der Waals surface area (Å²) in [5, 5.41) is 29.1. The van der Waals surface area contributed by atoms with Gasteiger partial charge in [0.2, 0.25) is 29.2 Å². The number of nitrogens with one attached hydrogen (secondary N) is 4. The SMILES string of the molecule is COC(=O)c1cnccc1Nc1nc(-c2cccc(C(F)(F)F)n2)nn2cccc12.Cc1cnccc1N.FC(F)(F)c1cccc(-c2nc(Oc3ccccc3)c3cccn3n2)n1.O=C(NCCCN1CCCC1)c1cnccc1Nc1nc(-c2cccc(C(F)(F)F)n2)nn2cccc12.O=C=O.O=COc1cnccc1Nc1nc(-c2cccc(C(F)(F)F)n2)nn2cccc12. The van der Waals surface area contributed by atoms with Gasteiger partial charge in [-0.15, -0.1) is 20.4 Å². The molecule has 1 aromatic carbocycles. The van der Waals surface area contributed by atoms with E-state index in [2.05, 4.69) is 106 Å². The molecule has 0 atom stereocenters. The molecule has 17 heterocycles. The van der Waals surface area contributed by atoms with Crippen molar-refractivity contribution >= 4 is 86.8 Å². The van der Waals surface area contributed by atoms with E-state index in [-0.39, 0.29) is 93.4 Å². The average Bonchev–Trinajstić information content (AvgIpc) is 1.76. The Kier molecular flexibility index (Phi) is 29.6. The molecule has 678 valence electrons. The van der Waals surface area contributed by atoms with Crippen LogP contribution in [-0.4, -0.2) is 161 Å². The molecule has 0 saturated carbocycles. The summed E-state index contributed by atoms with van der Waals surface area (Å²) in [5.74, 6) is 0.890. The van der Waals surface area contributed by atoms with Crippen LogP contribution >= 0.6 is 0 Å². The highest BCUT2D eigenvalue weighted by atomic mass is 19.4. The second kappa shape index (κ2) is 42.2. The van der Waals surface area contributed by atoms with Gasteiger partial charge in [-0.05, 0) is 185 Å². The molecule has 0 bridgehead atoms. The number of hydrogen-bond acceptors (Lipinski definition) is 29. The minimum Gasteiger partial charge on any atom is -0.465 e. The third-order valence-electron chi connectivity index (χ3n) is 18.8. The van der Waals surface area contributed by atoms with Gasteiger partial charge in [-0.3, -0.25) is 29.5 Å². The van der Waals surface area contributed by atoms with Gasteiger partial charge in [0.15, 0.2) is 23.2 Å². The van der Waals surface area contributed by atoms with E-state index in [1.54, 1.807) is 134 Å². The number of hydrogen-bond donors (Lipinski definition) is 5. The lowest BCUT2D eigenvalue weighted by atomic mass is 10.2. The highest BCUT2D eigenvalue weighted by Crippen LogP contribution is 2.37. The topological polar surface area (TPSA) is 414 Å². The van der Waals surface area contributed by atoms with Crippen molar-refractivity contribution in [2.24, 2.45) is 0 Å². The number of para-hydroxylation sites is 1. The van der Waals surface area contributed by atoms with Crippen molar-refractivity contribution in [3.63, 3.8) is 0 Å². The lowest BCUT2D eigenvalue weighted by molar-refractivity contribution is -0.192. The zero-order valence-corrected chi connectivity index (χ0v) is 69.0. The predicted octanol–water partition coefficient (Wildman–Crippen LogP) is 16.4. The second-order valence-corrected chi connectivity index (χ2v) is 27.8. The van der Waals surface area contributed by atoms with E-state index in [1.165, 1.54) is 124 Å². The summed E-state index contributed by atoms with van der Waals surface area (Å²) in [7, 11) is 1.24. The maximum Gasteiger partial charge on any atom is 0.433 e. The summed E-state index contributed by atoms with van der Waals surface area (Å²) in [6, 6.07) is 43.5. The molecule has 1 aliphatic rings. The summed E-state index contributed by atoms with van der Waals surface area (Å²) < 4.78 is 178. The number of carbonyl (C=O) groups is 3. The van der Waals surface area contributed by atoms with Gasteiger partial charge in [-0.1, -0.05) is 42.5 Å². The number of methoxy groups -OCH3 is 1. The lowest BCUT2D eigenvalue weighted by Crippen LogP contribution is -2.29. The Hall–Kier alpha value is -17.2. The van der Waals surface area contributed by atoms with Crippen LogP contribution in [0.1, 0.15) is 68.3 Å². The van der Waals surface area contributed by atoms with E-state index in [9.17, 15) is 67.1 Å². The highest BCUT2D eigenvalue weighted by Gasteiger charge is 2.37. The number of fused-ring (bicyclic) bond motifs is 4. The highest BCUT2D eigenvalue weighted by molar-refractivity contribution is 6.00. The zero-order chi connectivity index (χ0) is 94.4. The number of pyridine rings is 8. The van der Waals surface area contributed by atoms with E-state index in [0.29, 0.717) is 62.8 Å². The number of nitrogen functional groups attached to an aromatic ring is 1. The first-order valence-electron chi connectivity index (χ1n) is 39.2. The molecule has 18 rings (SSSR count). The molecule has 1 amide bonds. The minimum atomic E-state index is -4.60. The first-order chi connectivity index (χ1) is 63.9. The summed E-state index contributed by atoms with van der Waals surface area (Å²) in [4.78, 5) is 102. The molecule has 1 fully saturated rings. The standard InChI is InChI=1S/C25H25F3N8O.C19H13F3N6O2.C18H11F3N6O2.C18H11F3N4O.C6H8N2.CO2/c26-25(27,28)21-8-3-6-19(31-21)22-33-23(20-7-4-15-36(20)34-22)32-18-9-11-29-16-17(18)24(37)30-10-5-14-35-12-1-2-13-35;1-30-18(29)11-10-23-8-7-12(11)25-17-14-5-3-9-28(14)27-16(26-17)13-4-2-6-15(24-13)19(20,21)22;19-18(20,21)15-5-1-3-12(23-15)16-25-17(13-4-2-8-27(13)26-16)24-11-6-7-22-9-14(11)29-10-28;19-18(20,21)15-10-4-8-13(22-15)16-23-17(14-9-5-11-25(14)24-16)26-12-6-2-1-3-7-12;1-5-4-8-3-2-6(5)7;2-1-3/h3-4,6-9,11,15-16H,1-2,5,10,12-14H2,(H,30,37)(H,29,32,33,34);2-10H,1H3,(H,23,25,26,27);1-10H,(H,22,24,25,26);1-11H;2-4H,1H3,(H2,7,8);. The van der Waals surface area contributed by atoms with Crippen LogP contribution in [-0.2, 0) is 43.8 Å². The molecule has 133 heavy (non-hydrogen) atoms. The largest absolute Gasteiger partial charge is 0.465 e. The molecular weight excluding hydrogens is 1770 g/mol. The van der Waals surface area contributed by atoms with Crippen molar-refractivity contribution < 1.29 is 90.9 Å². The molecule has 46 heteroatoms. The Balaban J connectivity index is 0.000000146. The van der Waals surface area contributed by atoms with Crippen LogP contribution in [0.3, 0.4) is 0 Å². The summed E-state index contributed by atoms with van der Waals surface area (Å²) in [6.45, 7) is 5.88. The maximum absolute atomic E-state index is 13.2. The Labute approximate surface area is 742 Å². The maximum atomic E-state index is 13.2. The van der Waals surface area contributed by atoms with Crippen LogP contribution in [0.4, 0.5) is 92.9 Å². The van der Waals surface area contributed by atoms with E-state index in [0.717, 1.165) is 61.6 Å². The number of benzene rings is 1. The number of nitrogens with zero attached hydrogens (tertiary/aromatic N) is 21. The first kappa shape index (κ1) is 93.4. The monoisotopic (exact) mass is 1830 g/mol. The van der Waals surface area contributed by atoms with Crippen LogP contribution < -0.4 is 36.5 Å². The number of ether oxygens (including phenoxy) is 3. The number of alkyl halides is 12. The van der Waals surface area contributed by atoms with Crippen molar-refractivity contribution in [1.82, 2.24) is 108 Å². The zero-order valence-electron chi connectivity index (χ0n) is 69.0. The van der Waals surface area contributed by atoms with E-state index in [1.807, 2.05) is 13.0 Å². The summed E-state index contributed by atoms with van der Waals surface area (Å²) >= 11 is 0. The van der Waals surface area contributed by atoms with E-state index >= 15 is 0 Å². The van der Waals surface area contributed by atoms with Gasteiger partial charge in [0.1, 0.15) is 78.9 Å². The van der Waals surface area contributed by atoms with E-state index < -0.39 is 53.5 Å². The molecule has 0 radical (unpaired) electrons. The fourth-order valence-electron chi connectivity index (χ4n) is 12.5. The van der Waals surface area contributed by atoms with Crippen LogP contribution in [0.15, 0.2) is 250 Å². The number of aryl methyl sites for hydroxylation is 1. The molecule has 0 spiro atoms. The van der Waals surface area contributed by atoms with Gasteiger partial charge < -0.3 is 46.1 Å². The molecule has 17 aromatic rings. The minimum absolute atomic E-state index is 0.000676. The van der Waals surface area contributed by atoms with E-state index in [4.69, 9.17) is 29.5 Å². The van der Waals surface area contributed by atoms with Crippen LogP contribution in [0.2, 0.25) is 0 Å².